The fourth-order valence-electron chi connectivity index (χ4n) is 2.99. The van der Waals surface area contributed by atoms with Crippen molar-refractivity contribution in [1.82, 2.24) is 4.90 Å². The summed E-state index contributed by atoms with van der Waals surface area (Å²) in [4.78, 5) is 24.6. The Kier molecular flexibility index (Phi) is 5.83. The second kappa shape index (κ2) is 6.92. The molecule has 1 saturated heterocycles. The maximum Gasteiger partial charge on any atom is 0.303 e. The van der Waals surface area contributed by atoms with Crippen molar-refractivity contribution in [2.45, 2.75) is 59.3 Å². The lowest BCUT2D eigenvalue weighted by Crippen LogP contribution is -2.43. The molecule has 1 heterocycles. The fraction of sp³-hybridized carbons (Fsp3) is 0.867. The van der Waals surface area contributed by atoms with Crippen molar-refractivity contribution in [1.29, 1.82) is 0 Å². The Morgan fingerprint density at radius 1 is 1.16 bits per heavy atom. The van der Waals surface area contributed by atoms with E-state index in [1.807, 2.05) is 11.8 Å². The van der Waals surface area contributed by atoms with Gasteiger partial charge in [0.15, 0.2) is 0 Å². The zero-order valence-electron chi connectivity index (χ0n) is 12.4. The van der Waals surface area contributed by atoms with Crippen molar-refractivity contribution < 1.29 is 14.7 Å². The number of piperidine rings is 1. The molecule has 0 aromatic heterocycles. The average molecular weight is 269 g/mol. The summed E-state index contributed by atoms with van der Waals surface area (Å²) in [6, 6.07) is 0. The lowest BCUT2D eigenvalue weighted by molar-refractivity contribution is -0.139. The highest BCUT2D eigenvalue weighted by atomic mass is 16.4. The summed E-state index contributed by atoms with van der Waals surface area (Å²) in [6.45, 7) is 7.96. The van der Waals surface area contributed by atoms with Crippen LogP contribution in [0.3, 0.4) is 0 Å². The number of likely N-dealkylation sites (tertiary alicyclic amines) is 1. The molecule has 0 aromatic carbocycles. The van der Waals surface area contributed by atoms with Gasteiger partial charge in [-0.05, 0) is 24.2 Å². The molecule has 1 unspecified atom stereocenters. The summed E-state index contributed by atoms with van der Waals surface area (Å²) >= 11 is 0. The molecule has 4 heteroatoms. The van der Waals surface area contributed by atoms with Crippen LogP contribution >= 0.6 is 0 Å². The van der Waals surface area contributed by atoms with Crippen LogP contribution in [-0.2, 0) is 9.59 Å². The molecule has 0 aliphatic carbocycles. The largest absolute Gasteiger partial charge is 0.481 e. The third-order valence-corrected chi connectivity index (χ3v) is 4.72. The molecule has 1 aliphatic rings. The van der Waals surface area contributed by atoms with E-state index in [9.17, 15) is 9.59 Å². The minimum absolute atomic E-state index is 0.0750. The Balaban J connectivity index is 2.42. The minimum atomic E-state index is -0.824. The van der Waals surface area contributed by atoms with Gasteiger partial charge in [-0.1, -0.05) is 33.6 Å². The maximum absolute atomic E-state index is 12.1. The lowest BCUT2D eigenvalue weighted by atomic mass is 9.74. The van der Waals surface area contributed by atoms with E-state index < -0.39 is 5.97 Å². The molecule has 110 valence electrons. The van der Waals surface area contributed by atoms with E-state index in [0.717, 1.165) is 25.9 Å². The number of rotatable bonds is 6. The predicted molar refractivity (Wildman–Crippen MR) is 74.9 cm³/mol. The number of amides is 1. The molecule has 0 aromatic rings. The summed E-state index contributed by atoms with van der Waals surface area (Å²) in [5.41, 5.74) is 0.420. The molecular weight excluding hydrogens is 242 g/mol. The van der Waals surface area contributed by atoms with Gasteiger partial charge < -0.3 is 10.0 Å². The molecule has 19 heavy (non-hydrogen) atoms. The highest BCUT2D eigenvalue weighted by Crippen LogP contribution is 2.38. The van der Waals surface area contributed by atoms with Crippen LogP contribution in [0.2, 0.25) is 0 Å². The fourth-order valence-corrected chi connectivity index (χ4v) is 2.99. The van der Waals surface area contributed by atoms with E-state index in [4.69, 9.17) is 5.11 Å². The van der Waals surface area contributed by atoms with Crippen molar-refractivity contribution in [2.75, 3.05) is 13.1 Å². The van der Waals surface area contributed by atoms with Gasteiger partial charge in [-0.2, -0.15) is 0 Å². The lowest BCUT2D eigenvalue weighted by Gasteiger charge is -2.41. The molecule has 0 radical (unpaired) electrons. The standard InChI is InChI=1S/C15H27NO3/c1-4-15(5-2)6-8-16(9-7-15)13(17)10-12(3)11-14(18)19/h12H,4-11H2,1-3H3,(H,18,19). The monoisotopic (exact) mass is 269 g/mol. The molecule has 1 aliphatic heterocycles. The summed E-state index contributed by atoms with van der Waals surface area (Å²) in [5.74, 6) is -0.779. The SMILES string of the molecule is CCC1(CC)CCN(C(=O)CC(C)CC(=O)O)CC1. The van der Waals surface area contributed by atoms with E-state index in [-0.39, 0.29) is 18.2 Å². The number of aliphatic carboxylic acids is 1. The molecule has 1 fully saturated rings. The topological polar surface area (TPSA) is 57.6 Å². The van der Waals surface area contributed by atoms with Gasteiger partial charge in [-0.25, -0.2) is 0 Å². The van der Waals surface area contributed by atoms with Gasteiger partial charge in [0.2, 0.25) is 5.91 Å². The van der Waals surface area contributed by atoms with Crippen LogP contribution in [0.4, 0.5) is 0 Å². The van der Waals surface area contributed by atoms with Gasteiger partial charge in [0.05, 0.1) is 0 Å². The zero-order chi connectivity index (χ0) is 14.5. The summed E-state index contributed by atoms with van der Waals surface area (Å²) < 4.78 is 0. The third kappa shape index (κ3) is 4.51. The maximum atomic E-state index is 12.1. The van der Waals surface area contributed by atoms with Gasteiger partial charge in [0.1, 0.15) is 0 Å². The number of hydrogen-bond donors (Lipinski definition) is 1. The Morgan fingerprint density at radius 3 is 2.11 bits per heavy atom. The Hall–Kier alpha value is -1.06. The normalized spacial score (nSPS) is 20.1. The van der Waals surface area contributed by atoms with E-state index in [1.54, 1.807) is 0 Å². The first-order chi connectivity index (χ1) is 8.92. The number of hydrogen-bond acceptors (Lipinski definition) is 2. The van der Waals surface area contributed by atoms with E-state index in [0.29, 0.717) is 11.8 Å². The summed E-state index contributed by atoms with van der Waals surface area (Å²) in [6.07, 6.45) is 4.96. The van der Waals surface area contributed by atoms with Gasteiger partial charge in [0, 0.05) is 25.9 Å². The Labute approximate surface area is 116 Å². The van der Waals surface area contributed by atoms with Gasteiger partial charge >= 0.3 is 5.97 Å². The molecule has 4 nitrogen and oxygen atoms in total. The number of nitrogens with zero attached hydrogens (tertiary/aromatic N) is 1. The molecule has 1 amide bonds. The van der Waals surface area contributed by atoms with Gasteiger partial charge in [-0.3, -0.25) is 9.59 Å². The van der Waals surface area contributed by atoms with Crippen molar-refractivity contribution in [3.05, 3.63) is 0 Å². The van der Waals surface area contributed by atoms with Crippen LogP contribution in [0.1, 0.15) is 59.3 Å². The van der Waals surface area contributed by atoms with Crippen molar-refractivity contribution in [3.8, 4) is 0 Å². The first kappa shape index (κ1) is 16.0. The van der Waals surface area contributed by atoms with Crippen molar-refractivity contribution >= 4 is 11.9 Å². The number of carboxylic acid groups (broad SMARTS) is 1. The first-order valence-corrected chi connectivity index (χ1v) is 7.42. The van der Waals surface area contributed by atoms with Gasteiger partial charge in [0.25, 0.3) is 0 Å². The van der Waals surface area contributed by atoms with Crippen LogP contribution < -0.4 is 0 Å². The molecular formula is C15H27NO3. The molecule has 1 atom stereocenters. The van der Waals surface area contributed by atoms with Crippen LogP contribution in [0.15, 0.2) is 0 Å². The van der Waals surface area contributed by atoms with E-state index >= 15 is 0 Å². The van der Waals surface area contributed by atoms with Crippen molar-refractivity contribution in [2.24, 2.45) is 11.3 Å². The summed E-state index contributed by atoms with van der Waals surface area (Å²) in [5, 5.41) is 8.71. The van der Waals surface area contributed by atoms with Crippen LogP contribution in [-0.4, -0.2) is 35.0 Å². The Morgan fingerprint density at radius 2 is 1.68 bits per heavy atom. The van der Waals surface area contributed by atoms with Crippen LogP contribution in [0.5, 0.6) is 0 Å². The average Bonchev–Trinajstić information content (AvgIpc) is 2.37. The highest BCUT2D eigenvalue weighted by molar-refractivity contribution is 5.77. The summed E-state index contributed by atoms with van der Waals surface area (Å²) in [7, 11) is 0. The number of carbonyl (C=O) groups is 2. The smallest absolute Gasteiger partial charge is 0.303 e. The quantitative estimate of drug-likeness (QED) is 0.806. The van der Waals surface area contributed by atoms with Crippen LogP contribution in [0, 0.1) is 11.3 Å². The van der Waals surface area contributed by atoms with Gasteiger partial charge in [-0.15, -0.1) is 0 Å². The molecule has 0 spiro atoms. The minimum Gasteiger partial charge on any atom is -0.481 e. The van der Waals surface area contributed by atoms with E-state index in [1.165, 1.54) is 12.8 Å². The first-order valence-electron chi connectivity index (χ1n) is 7.42. The second-order valence-corrected chi connectivity index (χ2v) is 6.00. The third-order valence-electron chi connectivity index (χ3n) is 4.72. The van der Waals surface area contributed by atoms with Crippen LogP contribution in [0.25, 0.3) is 0 Å². The number of carbonyl (C=O) groups excluding carboxylic acids is 1. The molecule has 0 saturated carbocycles. The van der Waals surface area contributed by atoms with Crippen molar-refractivity contribution in [3.63, 3.8) is 0 Å². The second-order valence-electron chi connectivity index (χ2n) is 6.00. The zero-order valence-corrected chi connectivity index (χ0v) is 12.4. The molecule has 1 N–H and O–H groups in total. The predicted octanol–water partition coefficient (Wildman–Crippen LogP) is 2.92. The molecule has 0 bridgehead atoms. The molecule has 1 rings (SSSR count). The highest BCUT2D eigenvalue weighted by Gasteiger charge is 2.33. The number of carboxylic acids is 1. The van der Waals surface area contributed by atoms with E-state index in [2.05, 4.69) is 13.8 Å². The Bertz CT molecular complexity index is 313.